The lowest BCUT2D eigenvalue weighted by molar-refractivity contribution is -0.287. The molecule has 9 heteroatoms. The van der Waals surface area contributed by atoms with Crippen LogP contribution in [0.3, 0.4) is 0 Å². The summed E-state index contributed by atoms with van der Waals surface area (Å²) < 4.78 is 21.1. The first-order valence-corrected chi connectivity index (χ1v) is 9.29. The highest BCUT2D eigenvalue weighted by molar-refractivity contribution is 7.99. The fraction of sp³-hybridized carbons (Fsp3) is 0.500. The number of benzene rings is 1. The van der Waals surface area contributed by atoms with E-state index in [-0.39, 0.29) is 0 Å². The van der Waals surface area contributed by atoms with Crippen LogP contribution in [0.2, 0.25) is 0 Å². The first kappa shape index (κ1) is 21.2. The van der Waals surface area contributed by atoms with E-state index in [9.17, 15) is 19.5 Å². The standard InChI is InChI=1S/C18H22O8S/c1-10(19)23-15-14(9-27-13-7-5-4-6-8-13)26-18(22)17(25-12(3)21)16(15)24-11(2)20/h4-8,14-18,22H,9H2,1-3H3/t14-,15-,16+,17-,18-/m1/s1. The van der Waals surface area contributed by atoms with Crippen molar-refractivity contribution >= 4 is 29.7 Å². The molecule has 1 aromatic rings. The van der Waals surface area contributed by atoms with E-state index in [0.29, 0.717) is 5.75 Å². The molecule has 0 radical (unpaired) electrons. The van der Waals surface area contributed by atoms with Gasteiger partial charge in [0.05, 0.1) is 0 Å². The van der Waals surface area contributed by atoms with Crippen LogP contribution in [0, 0.1) is 0 Å². The molecule has 1 aliphatic rings. The minimum atomic E-state index is -1.54. The highest BCUT2D eigenvalue weighted by Gasteiger charge is 2.51. The third-order valence-electron chi connectivity index (χ3n) is 3.67. The van der Waals surface area contributed by atoms with Crippen molar-refractivity contribution in [3.05, 3.63) is 30.3 Å². The number of ether oxygens (including phenoxy) is 4. The molecule has 0 spiro atoms. The number of thioether (sulfide) groups is 1. The molecule has 0 bridgehead atoms. The summed E-state index contributed by atoms with van der Waals surface area (Å²) in [6.45, 7) is 3.53. The minimum absolute atomic E-state index is 0.309. The van der Waals surface area contributed by atoms with E-state index in [2.05, 4.69) is 0 Å². The van der Waals surface area contributed by atoms with Gasteiger partial charge in [-0.05, 0) is 12.1 Å². The second-order valence-corrected chi connectivity index (χ2v) is 7.00. The number of rotatable bonds is 6. The first-order valence-electron chi connectivity index (χ1n) is 8.31. The van der Waals surface area contributed by atoms with E-state index in [4.69, 9.17) is 18.9 Å². The molecule has 2 rings (SSSR count). The maximum absolute atomic E-state index is 11.6. The summed E-state index contributed by atoms with van der Waals surface area (Å²) in [6.07, 6.45) is -5.87. The molecular formula is C18H22O8S. The molecule has 0 saturated carbocycles. The van der Waals surface area contributed by atoms with Gasteiger partial charge in [0.1, 0.15) is 6.10 Å². The fourth-order valence-corrected chi connectivity index (χ4v) is 3.68. The fourth-order valence-electron chi connectivity index (χ4n) is 2.70. The van der Waals surface area contributed by atoms with Crippen LogP contribution in [0.1, 0.15) is 20.8 Å². The molecule has 0 amide bonds. The largest absolute Gasteiger partial charge is 0.456 e. The molecule has 27 heavy (non-hydrogen) atoms. The number of hydrogen-bond acceptors (Lipinski definition) is 9. The summed E-state index contributed by atoms with van der Waals surface area (Å²) in [5.74, 6) is -1.67. The van der Waals surface area contributed by atoms with Crippen LogP contribution in [0.15, 0.2) is 35.2 Å². The molecule has 1 saturated heterocycles. The number of hydrogen-bond donors (Lipinski definition) is 1. The van der Waals surface area contributed by atoms with Crippen LogP contribution in [-0.4, -0.2) is 59.5 Å². The summed E-state index contributed by atoms with van der Waals surface area (Å²) in [5.41, 5.74) is 0. The van der Waals surface area contributed by atoms with Crippen LogP contribution in [0.4, 0.5) is 0 Å². The summed E-state index contributed by atoms with van der Waals surface area (Å²) in [7, 11) is 0. The van der Waals surface area contributed by atoms with E-state index >= 15 is 0 Å². The monoisotopic (exact) mass is 398 g/mol. The highest BCUT2D eigenvalue weighted by atomic mass is 32.2. The van der Waals surface area contributed by atoms with Crippen molar-refractivity contribution in [3.63, 3.8) is 0 Å². The Hall–Kier alpha value is -2.10. The summed E-state index contributed by atoms with van der Waals surface area (Å²) in [6, 6.07) is 9.43. The van der Waals surface area contributed by atoms with E-state index in [0.717, 1.165) is 11.8 Å². The second-order valence-electron chi connectivity index (χ2n) is 5.91. The molecular weight excluding hydrogens is 376 g/mol. The predicted molar refractivity (Wildman–Crippen MR) is 94.7 cm³/mol. The highest BCUT2D eigenvalue weighted by Crippen LogP contribution is 2.31. The number of aliphatic hydroxyl groups is 1. The van der Waals surface area contributed by atoms with Gasteiger partial charge in [0.2, 0.25) is 0 Å². The van der Waals surface area contributed by atoms with Crippen molar-refractivity contribution < 1.29 is 38.4 Å². The Bertz CT molecular complexity index is 665. The van der Waals surface area contributed by atoms with Gasteiger partial charge in [-0.3, -0.25) is 14.4 Å². The molecule has 8 nitrogen and oxygen atoms in total. The molecule has 1 fully saturated rings. The lowest BCUT2D eigenvalue weighted by atomic mass is 9.99. The number of carbonyl (C=O) groups is 3. The maximum Gasteiger partial charge on any atom is 0.303 e. The van der Waals surface area contributed by atoms with E-state index in [1.54, 1.807) is 0 Å². The molecule has 5 atom stereocenters. The molecule has 0 unspecified atom stereocenters. The van der Waals surface area contributed by atoms with E-state index in [1.807, 2.05) is 30.3 Å². The first-order chi connectivity index (χ1) is 12.8. The molecule has 0 aromatic heterocycles. The van der Waals surface area contributed by atoms with Gasteiger partial charge in [-0.15, -0.1) is 11.8 Å². The van der Waals surface area contributed by atoms with Gasteiger partial charge in [0.25, 0.3) is 0 Å². The second kappa shape index (κ2) is 9.72. The van der Waals surface area contributed by atoms with Gasteiger partial charge in [-0.25, -0.2) is 0 Å². The minimum Gasteiger partial charge on any atom is -0.456 e. The van der Waals surface area contributed by atoms with Crippen molar-refractivity contribution in [2.45, 2.75) is 56.4 Å². The van der Waals surface area contributed by atoms with Crippen LogP contribution in [-0.2, 0) is 33.3 Å². The summed E-state index contributed by atoms with van der Waals surface area (Å²) in [4.78, 5) is 35.4. The molecule has 1 aliphatic heterocycles. The zero-order valence-corrected chi connectivity index (χ0v) is 16.0. The Balaban J connectivity index is 2.24. The van der Waals surface area contributed by atoms with Gasteiger partial charge in [-0.1, -0.05) is 18.2 Å². The van der Waals surface area contributed by atoms with Crippen molar-refractivity contribution in [1.82, 2.24) is 0 Å². The average Bonchev–Trinajstić information content (AvgIpc) is 2.59. The quantitative estimate of drug-likeness (QED) is 0.431. The van der Waals surface area contributed by atoms with Crippen molar-refractivity contribution in [3.8, 4) is 0 Å². The Morgan fingerprint density at radius 2 is 1.44 bits per heavy atom. The SMILES string of the molecule is CC(=O)O[C@@H]1[C@@H](OC(C)=O)[C@H](O)O[C@H](CSc2ccccc2)[C@H]1OC(C)=O. The molecule has 1 N–H and O–H groups in total. The van der Waals surface area contributed by atoms with Crippen molar-refractivity contribution in [2.75, 3.05) is 5.75 Å². The lowest BCUT2D eigenvalue weighted by Crippen LogP contribution is -2.61. The van der Waals surface area contributed by atoms with Crippen LogP contribution < -0.4 is 0 Å². The molecule has 148 valence electrons. The topological polar surface area (TPSA) is 108 Å². The molecule has 0 aliphatic carbocycles. The van der Waals surface area contributed by atoms with Gasteiger partial charge in [0.15, 0.2) is 24.6 Å². The van der Waals surface area contributed by atoms with E-state index < -0.39 is 48.6 Å². The number of aliphatic hydroxyl groups excluding tert-OH is 1. The third kappa shape index (κ3) is 6.23. The zero-order valence-electron chi connectivity index (χ0n) is 15.2. The lowest BCUT2D eigenvalue weighted by Gasteiger charge is -2.42. The Kier molecular flexibility index (Phi) is 7.64. The van der Waals surface area contributed by atoms with Crippen LogP contribution >= 0.6 is 11.8 Å². The Labute approximate surface area is 161 Å². The van der Waals surface area contributed by atoms with E-state index in [1.165, 1.54) is 25.6 Å². The van der Waals surface area contributed by atoms with Crippen molar-refractivity contribution in [2.24, 2.45) is 0 Å². The van der Waals surface area contributed by atoms with Crippen molar-refractivity contribution in [1.29, 1.82) is 0 Å². The zero-order chi connectivity index (χ0) is 20.0. The number of esters is 3. The normalized spacial score (nSPS) is 27.5. The predicted octanol–water partition coefficient (Wildman–Crippen LogP) is 1.29. The third-order valence-corrected chi connectivity index (χ3v) is 4.77. The van der Waals surface area contributed by atoms with Gasteiger partial charge >= 0.3 is 17.9 Å². The summed E-state index contributed by atoms with van der Waals surface area (Å²) >= 11 is 1.42. The van der Waals surface area contributed by atoms with Crippen LogP contribution in [0.25, 0.3) is 0 Å². The smallest absolute Gasteiger partial charge is 0.303 e. The van der Waals surface area contributed by atoms with Gasteiger partial charge < -0.3 is 24.1 Å². The van der Waals surface area contributed by atoms with Gasteiger partial charge in [-0.2, -0.15) is 0 Å². The summed E-state index contributed by atoms with van der Waals surface area (Å²) in [5, 5.41) is 10.3. The molecule has 1 aromatic carbocycles. The maximum atomic E-state index is 11.6. The molecule has 1 heterocycles. The average molecular weight is 398 g/mol. The Morgan fingerprint density at radius 3 is 2.00 bits per heavy atom. The van der Waals surface area contributed by atoms with Gasteiger partial charge in [0, 0.05) is 31.4 Å². The Morgan fingerprint density at radius 1 is 0.926 bits per heavy atom. The van der Waals surface area contributed by atoms with Crippen LogP contribution in [0.5, 0.6) is 0 Å². The number of carbonyl (C=O) groups excluding carboxylic acids is 3.